The van der Waals surface area contributed by atoms with E-state index in [-0.39, 0.29) is 12.7 Å². The zero-order valence-corrected chi connectivity index (χ0v) is 42.0. The van der Waals surface area contributed by atoms with Crippen molar-refractivity contribution in [3.63, 3.8) is 0 Å². The van der Waals surface area contributed by atoms with Crippen LogP contribution >= 0.6 is 17.0 Å². The number of fused-ring (bicyclic) bond motifs is 2. The van der Waals surface area contributed by atoms with Crippen molar-refractivity contribution in [2.24, 2.45) is 29.6 Å². The summed E-state index contributed by atoms with van der Waals surface area (Å²) in [7, 11) is 18.0. The monoisotopic (exact) mass is 915 g/mol. The SMILES string of the molecule is CCC1=Cc2c(-c3ccc(C45CC6CC(CC(C6)C4)C5)cc3)cccc2[CH]1[Zr]([Cl])([Cl])([CH]1C(C2CCC(C)CC2)=Cc2c(-c3ccc(C(C)(C)C)cc3)cccc21)[SiH](C)C. The molecule has 4 aromatic rings. The fourth-order valence-corrected chi connectivity index (χ4v) is 45.8. The van der Waals surface area contributed by atoms with Crippen molar-refractivity contribution in [2.45, 2.75) is 136 Å². The molecule has 5 saturated carbocycles. The summed E-state index contributed by atoms with van der Waals surface area (Å²) < 4.78 is 0.247. The number of rotatable bonds is 8. The van der Waals surface area contributed by atoms with Crippen LogP contribution in [0.3, 0.4) is 0 Å². The van der Waals surface area contributed by atoms with Crippen molar-refractivity contribution in [1.29, 1.82) is 0 Å². The molecule has 0 saturated heterocycles. The van der Waals surface area contributed by atoms with Gasteiger partial charge in [0, 0.05) is 0 Å². The number of benzene rings is 4. The number of hydrogen-bond acceptors (Lipinski definition) is 0. The Morgan fingerprint density at radius 1 is 0.661 bits per heavy atom. The van der Waals surface area contributed by atoms with Gasteiger partial charge in [0.15, 0.2) is 0 Å². The van der Waals surface area contributed by atoms with Crippen LogP contribution in [-0.4, -0.2) is 5.92 Å². The Labute approximate surface area is 365 Å². The molecule has 309 valence electrons. The molecular formula is C55H67Cl2SiZr. The van der Waals surface area contributed by atoms with Gasteiger partial charge < -0.3 is 0 Å². The number of allylic oxidation sites excluding steroid dienone is 2. The molecule has 4 bridgehead atoms. The van der Waals surface area contributed by atoms with E-state index in [1.54, 1.807) is 11.1 Å². The quantitative estimate of drug-likeness (QED) is 0.155. The molecular weight excluding hydrogens is 851 g/mol. The van der Waals surface area contributed by atoms with Crippen molar-refractivity contribution in [3.8, 4) is 22.3 Å². The van der Waals surface area contributed by atoms with E-state index in [2.05, 4.69) is 145 Å². The maximum atomic E-state index is 9.01. The van der Waals surface area contributed by atoms with Gasteiger partial charge in [-0.3, -0.25) is 0 Å². The minimum absolute atomic E-state index is 0.118. The summed E-state index contributed by atoms with van der Waals surface area (Å²) in [5.74, 6) is 2.51. The fourth-order valence-electron chi connectivity index (χ4n) is 14.4. The molecule has 59 heavy (non-hydrogen) atoms. The predicted molar refractivity (Wildman–Crippen MR) is 256 cm³/mol. The normalized spacial score (nSPS) is 30.5. The van der Waals surface area contributed by atoms with Crippen molar-refractivity contribution in [1.82, 2.24) is 0 Å². The van der Waals surface area contributed by atoms with Crippen LogP contribution in [0.25, 0.3) is 34.4 Å². The molecule has 0 amide bonds. The Morgan fingerprint density at radius 2 is 1.17 bits per heavy atom. The van der Waals surface area contributed by atoms with Crippen LogP contribution in [0, 0.1) is 29.6 Å². The zero-order valence-electron chi connectivity index (χ0n) is 36.9. The maximum absolute atomic E-state index is 9.01. The third-order valence-corrected chi connectivity index (χ3v) is 69.0. The van der Waals surface area contributed by atoms with Crippen molar-refractivity contribution < 1.29 is 15.6 Å². The van der Waals surface area contributed by atoms with E-state index in [1.807, 2.05) is 0 Å². The molecule has 7 aliphatic carbocycles. The van der Waals surface area contributed by atoms with E-state index in [1.165, 1.54) is 120 Å². The molecule has 11 rings (SSSR count). The van der Waals surface area contributed by atoms with E-state index < -0.39 is 21.5 Å². The van der Waals surface area contributed by atoms with Crippen LogP contribution < -0.4 is 0 Å². The first-order valence-corrected chi connectivity index (χ1v) is 39.9. The molecule has 0 aliphatic heterocycles. The molecule has 5 fully saturated rings. The Bertz CT molecular complexity index is 2300. The van der Waals surface area contributed by atoms with Crippen molar-refractivity contribution in [2.75, 3.05) is 0 Å². The Hall–Kier alpha value is -1.96. The van der Waals surface area contributed by atoms with Gasteiger partial charge in [0.05, 0.1) is 0 Å². The molecule has 0 aromatic heterocycles. The van der Waals surface area contributed by atoms with Crippen LogP contribution in [0.2, 0.25) is 13.1 Å². The van der Waals surface area contributed by atoms with Gasteiger partial charge in [0.2, 0.25) is 0 Å². The van der Waals surface area contributed by atoms with Crippen LogP contribution in [0.4, 0.5) is 0 Å². The van der Waals surface area contributed by atoms with Crippen molar-refractivity contribution in [3.05, 3.63) is 129 Å². The summed E-state index contributed by atoms with van der Waals surface area (Å²) in [6, 6.07) is 33.6. The average Bonchev–Trinajstić information content (AvgIpc) is 3.81. The third-order valence-electron chi connectivity index (χ3n) is 17.3. The summed E-state index contributed by atoms with van der Waals surface area (Å²) in [5, 5.41) is 0. The van der Waals surface area contributed by atoms with Gasteiger partial charge in [-0.05, 0) is 0 Å². The Morgan fingerprint density at radius 3 is 1.68 bits per heavy atom. The Balaban J connectivity index is 1.08. The van der Waals surface area contributed by atoms with Gasteiger partial charge >= 0.3 is 368 Å². The van der Waals surface area contributed by atoms with E-state index >= 15 is 0 Å². The Kier molecular flexibility index (Phi) is 10.3. The van der Waals surface area contributed by atoms with Crippen molar-refractivity contribution >= 4 is 35.1 Å². The van der Waals surface area contributed by atoms with Gasteiger partial charge in [-0.1, -0.05) is 0 Å². The van der Waals surface area contributed by atoms with E-state index in [0.717, 1.165) is 30.1 Å². The fraction of sp³-hybridized carbons (Fsp3) is 0.491. The second-order valence-electron chi connectivity index (χ2n) is 22.1. The molecule has 0 N–H and O–H groups in total. The van der Waals surface area contributed by atoms with Crippen LogP contribution in [0.1, 0.15) is 146 Å². The molecule has 4 heteroatoms. The van der Waals surface area contributed by atoms with Gasteiger partial charge in [0.1, 0.15) is 0 Å². The van der Waals surface area contributed by atoms with E-state index in [0.29, 0.717) is 11.3 Å². The van der Waals surface area contributed by atoms with Crippen LogP contribution in [0.5, 0.6) is 0 Å². The molecule has 0 radical (unpaired) electrons. The van der Waals surface area contributed by atoms with Gasteiger partial charge in [-0.2, -0.15) is 0 Å². The topological polar surface area (TPSA) is 0 Å². The van der Waals surface area contributed by atoms with Gasteiger partial charge in [-0.25, -0.2) is 0 Å². The van der Waals surface area contributed by atoms with Crippen LogP contribution in [-0.2, 0) is 26.4 Å². The summed E-state index contributed by atoms with van der Waals surface area (Å²) in [6.45, 7) is 16.8. The summed E-state index contributed by atoms with van der Waals surface area (Å²) in [5.41, 5.74) is 17.5. The van der Waals surface area contributed by atoms with E-state index in [4.69, 9.17) is 17.0 Å². The summed E-state index contributed by atoms with van der Waals surface area (Å²) in [4.78, 5) is 0. The standard InChI is InChI=1S/C27H29.C26H31.C2H7Si.2ClH.Zr/c1-2-18-13-23-4-3-5-25(26(23)14-18)22-6-8-24(9-7-22)27-15-19-10-20(16-27)12-21(11-19)17-27;1-18-8-10-19(11-9-18)22-16-21-6-5-7-24(25(21)17-22)20-12-14-23(15-13-20)26(2,3)4;1-3-2;;;/h3-9,13-14,19-21H,2,10-12,15-17H2,1H3;5-7,12-19H,8-11H2,1-4H3;3H,1-2H3;2*1H;/q;;;;;+2/p-2. The van der Waals surface area contributed by atoms with Crippen LogP contribution in [0.15, 0.2) is 96.1 Å². The molecule has 4 aromatic carbocycles. The average molecular weight is 918 g/mol. The second kappa shape index (κ2) is 14.8. The first kappa shape index (κ1) is 41.1. The number of halogens is 2. The molecule has 2 unspecified atom stereocenters. The van der Waals surface area contributed by atoms with Gasteiger partial charge in [-0.15, -0.1) is 0 Å². The number of hydrogen-bond donors (Lipinski definition) is 0. The second-order valence-corrected chi connectivity index (χ2v) is 64.6. The first-order valence-electron chi connectivity index (χ1n) is 23.6. The van der Waals surface area contributed by atoms with Gasteiger partial charge in [0.25, 0.3) is 0 Å². The molecule has 2 atom stereocenters. The van der Waals surface area contributed by atoms with E-state index in [9.17, 15) is 0 Å². The molecule has 0 nitrogen and oxygen atoms in total. The minimum atomic E-state index is -4.95. The molecule has 0 heterocycles. The summed E-state index contributed by atoms with van der Waals surface area (Å²) in [6.07, 6.45) is 19.9. The summed E-state index contributed by atoms with van der Waals surface area (Å²) >= 11 is -4.95. The predicted octanol–water partition coefficient (Wildman–Crippen LogP) is 16.6. The molecule has 7 aliphatic rings. The molecule has 0 spiro atoms. The zero-order chi connectivity index (χ0) is 41.1. The third kappa shape index (κ3) is 6.64. The first-order chi connectivity index (χ1) is 28.2.